The van der Waals surface area contributed by atoms with Crippen molar-refractivity contribution in [2.75, 3.05) is 34.4 Å². The van der Waals surface area contributed by atoms with Crippen LogP contribution in [0, 0.1) is 5.92 Å². The topological polar surface area (TPSA) is 29.5 Å². The second-order valence-corrected chi connectivity index (χ2v) is 3.27. The van der Waals surface area contributed by atoms with Gasteiger partial charge in [0, 0.05) is 27.2 Å². The molecule has 0 rings (SSSR count). The third-order valence-corrected chi connectivity index (χ3v) is 1.66. The molecule has 0 radical (unpaired) electrons. The molecular formula is C10H23NO2. The van der Waals surface area contributed by atoms with Crippen molar-refractivity contribution in [3.63, 3.8) is 0 Å². The first-order valence-electron chi connectivity index (χ1n) is 4.64. The van der Waals surface area contributed by atoms with E-state index in [1.165, 1.54) is 0 Å². The van der Waals surface area contributed by atoms with Gasteiger partial charge < -0.3 is 14.4 Å². The summed E-state index contributed by atoms with van der Waals surface area (Å²) in [5, 5.41) is 0. The highest BCUT2D eigenvalue weighted by Gasteiger charge is 2.02. The Morgan fingerprint density at radius 3 is 2.23 bits per heavy atom. The summed E-state index contributed by atoms with van der Waals surface area (Å²) in [6.07, 6.45) is 1.68. The van der Waals surface area contributed by atoms with Crippen LogP contribution in [0.2, 0.25) is 0 Å². The lowest BCUT2D eigenvalue weighted by atomic mass is 10.1. The van der Waals surface area contributed by atoms with Crippen LogP contribution in [0.15, 0.2) is 0 Å². The maximum absolute atomic E-state index is 10.1. The Morgan fingerprint density at radius 2 is 1.92 bits per heavy atom. The number of nitrogens with zero attached hydrogens (tertiary/aromatic N) is 1. The molecule has 0 spiro atoms. The number of carbonyl (C=O) groups is 1. The minimum atomic E-state index is 0.502. The van der Waals surface area contributed by atoms with E-state index in [1.54, 1.807) is 14.2 Å². The minimum absolute atomic E-state index is 0.502. The Bertz CT molecular complexity index is 107. The molecule has 0 N–H and O–H groups in total. The summed E-state index contributed by atoms with van der Waals surface area (Å²) in [5.74, 6) is 0.502. The molecule has 0 aliphatic carbocycles. The van der Waals surface area contributed by atoms with E-state index in [-0.39, 0.29) is 0 Å². The molecule has 1 atom stereocenters. The van der Waals surface area contributed by atoms with Gasteiger partial charge in [0.2, 0.25) is 0 Å². The van der Waals surface area contributed by atoms with Crippen molar-refractivity contribution in [3.8, 4) is 0 Å². The second-order valence-electron chi connectivity index (χ2n) is 3.27. The summed E-state index contributed by atoms with van der Waals surface area (Å²) < 4.78 is 4.25. The first kappa shape index (κ1) is 15.1. The van der Waals surface area contributed by atoms with Gasteiger partial charge in [-0.05, 0) is 19.5 Å². The van der Waals surface area contributed by atoms with Gasteiger partial charge in [-0.2, -0.15) is 0 Å². The van der Waals surface area contributed by atoms with Gasteiger partial charge in [-0.15, -0.1) is 0 Å². The predicted molar refractivity (Wildman–Crippen MR) is 55.9 cm³/mol. The molecule has 0 aliphatic heterocycles. The van der Waals surface area contributed by atoms with Crippen molar-refractivity contribution in [1.82, 2.24) is 4.90 Å². The molecule has 0 bridgehead atoms. The largest absolute Gasteiger partial charge is 0.388 e. The SMILES string of the molecule is CCN(C)CC(C)CC=O.COC. The predicted octanol–water partition coefficient (Wildman–Crippen LogP) is 1.43. The summed E-state index contributed by atoms with van der Waals surface area (Å²) in [5.41, 5.74) is 0. The second kappa shape index (κ2) is 11.6. The van der Waals surface area contributed by atoms with Crippen molar-refractivity contribution in [3.05, 3.63) is 0 Å². The monoisotopic (exact) mass is 189 g/mol. The van der Waals surface area contributed by atoms with Gasteiger partial charge in [-0.25, -0.2) is 0 Å². The van der Waals surface area contributed by atoms with E-state index in [1.807, 2.05) is 0 Å². The lowest BCUT2D eigenvalue weighted by molar-refractivity contribution is -0.108. The molecule has 0 heterocycles. The van der Waals surface area contributed by atoms with Crippen LogP contribution in [-0.4, -0.2) is 45.5 Å². The zero-order chi connectivity index (χ0) is 10.7. The molecular weight excluding hydrogens is 166 g/mol. The van der Waals surface area contributed by atoms with Crippen LogP contribution in [0.4, 0.5) is 0 Å². The number of carbonyl (C=O) groups excluding carboxylic acids is 1. The van der Waals surface area contributed by atoms with Crippen LogP contribution in [0.1, 0.15) is 20.3 Å². The Labute approximate surface area is 82.1 Å². The molecule has 1 unspecified atom stereocenters. The van der Waals surface area contributed by atoms with Crippen molar-refractivity contribution in [2.45, 2.75) is 20.3 Å². The summed E-state index contributed by atoms with van der Waals surface area (Å²) in [4.78, 5) is 12.3. The van der Waals surface area contributed by atoms with Gasteiger partial charge in [0.1, 0.15) is 6.29 Å². The van der Waals surface area contributed by atoms with Gasteiger partial charge in [0.05, 0.1) is 0 Å². The first-order valence-corrected chi connectivity index (χ1v) is 4.64. The van der Waals surface area contributed by atoms with Crippen LogP contribution in [-0.2, 0) is 9.53 Å². The Morgan fingerprint density at radius 1 is 1.46 bits per heavy atom. The molecule has 0 saturated carbocycles. The molecule has 0 saturated heterocycles. The summed E-state index contributed by atoms with van der Waals surface area (Å²) in [7, 11) is 5.32. The van der Waals surface area contributed by atoms with E-state index in [0.717, 1.165) is 19.4 Å². The van der Waals surface area contributed by atoms with E-state index in [9.17, 15) is 4.79 Å². The zero-order valence-electron chi connectivity index (χ0n) is 9.54. The van der Waals surface area contributed by atoms with E-state index in [2.05, 4.69) is 30.5 Å². The average Bonchev–Trinajstić information content (AvgIpc) is 2.06. The molecule has 0 amide bonds. The maximum atomic E-state index is 10.1. The van der Waals surface area contributed by atoms with Crippen LogP contribution < -0.4 is 0 Å². The summed E-state index contributed by atoms with van der Waals surface area (Å²) in [6, 6.07) is 0. The van der Waals surface area contributed by atoms with Gasteiger partial charge in [-0.1, -0.05) is 13.8 Å². The van der Waals surface area contributed by atoms with E-state index in [0.29, 0.717) is 12.3 Å². The molecule has 13 heavy (non-hydrogen) atoms. The molecule has 80 valence electrons. The summed E-state index contributed by atoms with van der Waals surface area (Å²) in [6.45, 7) is 6.30. The van der Waals surface area contributed by atoms with Gasteiger partial charge in [-0.3, -0.25) is 0 Å². The van der Waals surface area contributed by atoms with Crippen LogP contribution in [0.3, 0.4) is 0 Å². The molecule has 3 nitrogen and oxygen atoms in total. The fourth-order valence-electron chi connectivity index (χ4n) is 0.900. The quantitative estimate of drug-likeness (QED) is 0.613. The lowest BCUT2D eigenvalue weighted by Gasteiger charge is -2.17. The molecule has 0 aromatic rings. The maximum Gasteiger partial charge on any atom is 0.120 e. The Hall–Kier alpha value is -0.410. The number of hydrogen-bond acceptors (Lipinski definition) is 3. The average molecular weight is 189 g/mol. The molecule has 0 aromatic carbocycles. The number of methoxy groups -OCH3 is 1. The molecule has 0 aliphatic rings. The normalized spacial score (nSPS) is 11.8. The van der Waals surface area contributed by atoms with Crippen LogP contribution >= 0.6 is 0 Å². The van der Waals surface area contributed by atoms with Crippen molar-refractivity contribution in [1.29, 1.82) is 0 Å². The first-order chi connectivity index (χ1) is 6.12. The minimum Gasteiger partial charge on any atom is -0.388 e. The summed E-state index contributed by atoms with van der Waals surface area (Å²) >= 11 is 0. The molecule has 3 heteroatoms. The fourth-order valence-corrected chi connectivity index (χ4v) is 0.900. The Kier molecular flexibility index (Phi) is 13.4. The lowest BCUT2D eigenvalue weighted by Crippen LogP contribution is -2.24. The number of rotatable bonds is 5. The van der Waals surface area contributed by atoms with Crippen LogP contribution in [0.5, 0.6) is 0 Å². The van der Waals surface area contributed by atoms with Crippen molar-refractivity contribution >= 4 is 6.29 Å². The number of aldehydes is 1. The highest BCUT2D eigenvalue weighted by molar-refractivity contribution is 5.49. The third kappa shape index (κ3) is 14.4. The van der Waals surface area contributed by atoms with E-state index < -0.39 is 0 Å². The van der Waals surface area contributed by atoms with Crippen molar-refractivity contribution in [2.24, 2.45) is 5.92 Å². The smallest absolute Gasteiger partial charge is 0.120 e. The molecule has 0 fully saturated rings. The van der Waals surface area contributed by atoms with Gasteiger partial charge in [0.25, 0.3) is 0 Å². The third-order valence-electron chi connectivity index (χ3n) is 1.66. The number of ether oxygens (including phenoxy) is 1. The van der Waals surface area contributed by atoms with Crippen molar-refractivity contribution < 1.29 is 9.53 Å². The van der Waals surface area contributed by atoms with Crippen LogP contribution in [0.25, 0.3) is 0 Å². The van der Waals surface area contributed by atoms with Gasteiger partial charge in [0.15, 0.2) is 0 Å². The molecule has 0 aromatic heterocycles. The highest BCUT2D eigenvalue weighted by atomic mass is 16.4. The van der Waals surface area contributed by atoms with E-state index >= 15 is 0 Å². The standard InChI is InChI=1S/C8H17NO.C2H6O/c1-4-9(3)7-8(2)5-6-10;1-3-2/h6,8H,4-5,7H2,1-3H3;1-2H3. The van der Waals surface area contributed by atoms with Gasteiger partial charge >= 0.3 is 0 Å². The fraction of sp³-hybridized carbons (Fsp3) is 0.900. The van der Waals surface area contributed by atoms with E-state index in [4.69, 9.17) is 0 Å². The Balaban J connectivity index is 0. The zero-order valence-corrected chi connectivity index (χ0v) is 9.54. The highest BCUT2D eigenvalue weighted by Crippen LogP contribution is 2.00. The number of hydrogen-bond donors (Lipinski definition) is 0.